The highest BCUT2D eigenvalue weighted by molar-refractivity contribution is 5.85. The smallest absolute Gasteiger partial charge is 0.137 e. The number of benzene rings is 1. The van der Waals surface area contributed by atoms with Gasteiger partial charge in [-0.15, -0.1) is 0 Å². The van der Waals surface area contributed by atoms with E-state index >= 15 is 0 Å². The van der Waals surface area contributed by atoms with Crippen LogP contribution in [0.1, 0.15) is 18.1 Å². The lowest BCUT2D eigenvalue weighted by molar-refractivity contribution is 0.453. The third-order valence-electron chi connectivity index (χ3n) is 3.82. The summed E-state index contributed by atoms with van der Waals surface area (Å²) < 4.78 is 1.85. The molecular formula is C16H21N5. The minimum absolute atomic E-state index is 0.374. The second-order valence-corrected chi connectivity index (χ2v) is 5.53. The molecule has 0 saturated carbocycles. The Balaban J connectivity index is 1.56. The van der Waals surface area contributed by atoms with Gasteiger partial charge in [-0.1, -0.05) is 18.2 Å². The summed E-state index contributed by atoms with van der Waals surface area (Å²) in [6, 6.07) is 6.82. The van der Waals surface area contributed by atoms with Crippen LogP contribution in [0, 0.1) is 6.92 Å². The van der Waals surface area contributed by atoms with Crippen LogP contribution in [0.5, 0.6) is 0 Å². The van der Waals surface area contributed by atoms with Gasteiger partial charge < -0.3 is 10.3 Å². The molecule has 3 rings (SSSR count). The summed E-state index contributed by atoms with van der Waals surface area (Å²) in [6.07, 6.45) is 6.47. The number of aromatic nitrogens is 4. The molecule has 1 atom stereocenters. The van der Waals surface area contributed by atoms with Crippen molar-refractivity contribution in [3.63, 3.8) is 0 Å². The Morgan fingerprint density at radius 3 is 3.10 bits per heavy atom. The van der Waals surface area contributed by atoms with Crippen molar-refractivity contribution in [2.75, 3.05) is 6.54 Å². The average molecular weight is 283 g/mol. The van der Waals surface area contributed by atoms with Crippen LogP contribution in [0.3, 0.4) is 0 Å². The van der Waals surface area contributed by atoms with Crippen molar-refractivity contribution in [2.24, 2.45) is 0 Å². The van der Waals surface area contributed by atoms with Crippen LogP contribution in [-0.2, 0) is 13.0 Å². The minimum atomic E-state index is 0.374. The summed E-state index contributed by atoms with van der Waals surface area (Å²) in [4.78, 5) is 7.34. The highest BCUT2D eigenvalue weighted by atomic mass is 15.3. The number of aromatic amines is 1. The summed E-state index contributed by atoms with van der Waals surface area (Å²) in [5.74, 6) is 0. The molecule has 0 aliphatic heterocycles. The van der Waals surface area contributed by atoms with Crippen LogP contribution < -0.4 is 5.32 Å². The van der Waals surface area contributed by atoms with Gasteiger partial charge in [0.05, 0.1) is 6.54 Å². The Morgan fingerprint density at radius 2 is 2.29 bits per heavy atom. The van der Waals surface area contributed by atoms with Crippen LogP contribution in [0.25, 0.3) is 10.9 Å². The van der Waals surface area contributed by atoms with E-state index in [9.17, 15) is 0 Å². The molecule has 2 aromatic heterocycles. The number of aryl methyl sites for hydroxylation is 1. The van der Waals surface area contributed by atoms with E-state index in [1.165, 1.54) is 22.0 Å². The minimum Gasteiger partial charge on any atom is -0.361 e. The zero-order valence-corrected chi connectivity index (χ0v) is 12.5. The van der Waals surface area contributed by atoms with Crippen molar-refractivity contribution in [1.29, 1.82) is 0 Å². The number of H-pyrrole nitrogens is 1. The molecular weight excluding hydrogens is 262 g/mol. The molecule has 2 N–H and O–H groups in total. The molecule has 0 aliphatic carbocycles. The van der Waals surface area contributed by atoms with Crippen molar-refractivity contribution in [3.05, 3.63) is 48.2 Å². The Morgan fingerprint density at radius 1 is 1.38 bits per heavy atom. The van der Waals surface area contributed by atoms with Crippen LogP contribution >= 0.6 is 0 Å². The van der Waals surface area contributed by atoms with E-state index in [2.05, 4.69) is 58.6 Å². The van der Waals surface area contributed by atoms with Gasteiger partial charge in [0.1, 0.15) is 12.7 Å². The first kappa shape index (κ1) is 13.8. The number of fused-ring (bicyclic) bond motifs is 1. The van der Waals surface area contributed by atoms with Gasteiger partial charge in [0.2, 0.25) is 0 Å². The number of hydrogen-bond acceptors (Lipinski definition) is 3. The third kappa shape index (κ3) is 3.13. The predicted octanol–water partition coefficient (Wildman–Crippen LogP) is 2.29. The molecule has 0 unspecified atom stereocenters. The van der Waals surface area contributed by atoms with E-state index in [0.717, 1.165) is 19.5 Å². The van der Waals surface area contributed by atoms with Gasteiger partial charge in [-0.3, -0.25) is 4.68 Å². The van der Waals surface area contributed by atoms with Gasteiger partial charge in [0, 0.05) is 23.1 Å². The quantitative estimate of drug-likeness (QED) is 0.729. The van der Waals surface area contributed by atoms with E-state index in [-0.39, 0.29) is 0 Å². The van der Waals surface area contributed by atoms with E-state index in [1.807, 2.05) is 4.68 Å². The normalized spacial score (nSPS) is 12.9. The second kappa shape index (κ2) is 6.10. The summed E-state index contributed by atoms with van der Waals surface area (Å²) in [5.41, 5.74) is 3.92. The lowest BCUT2D eigenvalue weighted by Crippen LogP contribution is -2.32. The molecule has 0 fully saturated rings. The Labute approximate surface area is 124 Å². The van der Waals surface area contributed by atoms with Gasteiger partial charge in [-0.05, 0) is 37.9 Å². The largest absolute Gasteiger partial charge is 0.361 e. The monoisotopic (exact) mass is 283 g/mol. The third-order valence-corrected chi connectivity index (χ3v) is 3.82. The summed E-state index contributed by atoms with van der Waals surface area (Å²) in [5, 5.41) is 9.00. The SMILES string of the molecule is Cc1cccc2c(CCN[C@H](C)Cn3cncn3)c[nH]c12. The number of nitrogens with zero attached hydrogens (tertiary/aromatic N) is 3. The van der Waals surface area contributed by atoms with Crippen molar-refractivity contribution >= 4 is 10.9 Å². The molecule has 0 amide bonds. The zero-order chi connectivity index (χ0) is 14.7. The fraction of sp³-hybridized carbons (Fsp3) is 0.375. The van der Waals surface area contributed by atoms with Crippen molar-refractivity contribution < 1.29 is 0 Å². The van der Waals surface area contributed by atoms with Crippen molar-refractivity contribution in [2.45, 2.75) is 32.9 Å². The molecule has 110 valence electrons. The van der Waals surface area contributed by atoms with Gasteiger partial charge in [0.15, 0.2) is 0 Å². The molecule has 0 saturated heterocycles. The molecule has 0 radical (unpaired) electrons. The molecule has 5 heteroatoms. The molecule has 3 aromatic rings. The lowest BCUT2D eigenvalue weighted by Gasteiger charge is -2.13. The fourth-order valence-electron chi connectivity index (χ4n) is 2.70. The first-order valence-electron chi connectivity index (χ1n) is 7.35. The average Bonchev–Trinajstić information content (AvgIpc) is 3.10. The standard InChI is InChI=1S/C16H21N5/c1-12-4-3-5-15-14(8-19-16(12)15)6-7-18-13(2)9-21-11-17-10-20-21/h3-5,8,10-11,13,18-19H,6-7,9H2,1-2H3/t13-/m1/s1. The van der Waals surface area contributed by atoms with Crippen LogP contribution in [-0.4, -0.2) is 32.3 Å². The van der Waals surface area contributed by atoms with E-state index in [4.69, 9.17) is 0 Å². The first-order valence-corrected chi connectivity index (χ1v) is 7.35. The summed E-state index contributed by atoms with van der Waals surface area (Å²) in [7, 11) is 0. The van der Waals surface area contributed by atoms with Crippen LogP contribution in [0.4, 0.5) is 0 Å². The molecule has 1 aromatic carbocycles. The maximum atomic E-state index is 4.13. The summed E-state index contributed by atoms with van der Waals surface area (Å²) in [6.45, 7) is 6.10. The van der Waals surface area contributed by atoms with Gasteiger partial charge in [-0.25, -0.2) is 4.98 Å². The van der Waals surface area contributed by atoms with Gasteiger partial charge in [0.25, 0.3) is 0 Å². The van der Waals surface area contributed by atoms with E-state index in [0.29, 0.717) is 6.04 Å². The van der Waals surface area contributed by atoms with Gasteiger partial charge in [-0.2, -0.15) is 5.10 Å². The second-order valence-electron chi connectivity index (χ2n) is 5.53. The van der Waals surface area contributed by atoms with Crippen LogP contribution in [0.2, 0.25) is 0 Å². The topological polar surface area (TPSA) is 58.5 Å². The lowest BCUT2D eigenvalue weighted by atomic mass is 10.1. The Bertz CT molecular complexity index is 699. The van der Waals surface area contributed by atoms with Crippen LogP contribution in [0.15, 0.2) is 37.1 Å². The van der Waals surface area contributed by atoms with E-state index in [1.54, 1.807) is 12.7 Å². The summed E-state index contributed by atoms with van der Waals surface area (Å²) >= 11 is 0. The molecule has 21 heavy (non-hydrogen) atoms. The predicted molar refractivity (Wildman–Crippen MR) is 84.2 cm³/mol. The number of rotatable bonds is 6. The molecule has 0 aliphatic rings. The van der Waals surface area contributed by atoms with Crippen molar-refractivity contribution in [3.8, 4) is 0 Å². The molecule has 5 nitrogen and oxygen atoms in total. The number of para-hydroxylation sites is 1. The number of hydrogen-bond donors (Lipinski definition) is 2. The Kier molecular flexibility index (Phi) is 4.01. The highest BCUT2D eigenvalue weighted by Gasteiger charge is 2.06. The maximum Gasteiger partial charge on any atom is 0.137 e. The molecule has 2 heterocycles. The van der Waals surface area contributed by atoms with Gasteiger partial charge >= 0.3 is 0 Å². The fourth-order valence-corrected chi connectivity index (χ4v) is 2.70. The highest BCUT2D eigenvalue weighted by Crippen LogP contribution is 2.21. The van der Waals surface area contributed by atoms with Crippen molar-refractivity contribution in [1.82, 2.24) is 25.1 Å². The molecule has 0 bridgehead atoms. The molecule has 0 spiro atoms. The zero-order valence-electron chi connectivity index (χ0n) is 12.5. The van der Waals surface area contributed by atoms with E-state index < -0.39 is 0 Å². The first-order chi connectivity index (χ1) is 10.2. The number of nitrogens with one attached hydrogen (secondary N) is 2. The Hall–Kier alpha value is -2.14. The maximum absolute atomic E-state index is 4.13.